The van der Waals surface area contributed by atoms with E-state index in [4.69, 9.17) is 4.74 Å². The van der Waals surface area contributed by atoms with Gasteiger partial charge < -0.3 is 4.74 Å². The molecule has 5 heteroatoms. The van der Waals surface area contributed by atoms with E-state index < -0.39 is 0 Å². The maximum atomic E-state index is 12.6. The van der Waals surface area contributed by atoms with Crippen molar-refractivity contribution in [3.05, 3.63) is 46.9 Å². The minimum atomic E-state index is -0.209. The van der Waals surface area contributed by atoms with Gasteiger partial charge in [0.25, 0.3) is 11.1 Å². The second kappa shape index (κ2) is 6.69. The fraction of sp³-hybridized carbons (Fsp3) is 0.263. The van der Waals surface area contributed by atoms with Gasteiger partial charge in [-0.2, -0.15) is 0 Å². The first kappa shape index (κ1) is 16.6. The van der Waals surface area contributed by atoms with Crippen molar-refractivity contribution in [3.63, 3.8) is 0 Å². The molecule has 2 aromatic rings. The van der Waals surface area contributed by atoms with Crippen molar-refractivity contribution in [3.8, 4) is 5.75 Å². The number of rotatable bonds is 4. The molecule has 1 aliphatic rings. The minimum absolute atomic E-state index is 0.0870. The molecule has 1 heterocycles. The number of imide groups is 1. The summed E-state index contributed by atoms with van der Waals surface area (Å²) in [6.07, 6.45) is 2.55. The summed E-state index contributed by atoms with van der Waals surface area (Å²) >= 11 is 1.01. The van der Waals surface area contributed by atoms with Gasteiger partial charge in [-0.3, -0.25) is 14.5 Å². The first-order valence-electron chi connectivity index (χ1n) is 7.89. The van der Waals surface area contributed by atoms with E-state index in [0.717, 1.165) is 40.3 Å². The van der Waals surface area contributed by atoms with Gasteiger partial charge in [0.1, 0.15) is 5.75 Å². The quantitative estimate of drug-likeness (QED) is 0.757. The Morgan fingerprint density at radius 3 is 2.54 bits per heavy atom. The summed E-state index contributed by atoms with van der Waals surface area (Å²) in [5, 5.41) is 1.78. The van der Waals surface area contributed by atoms with Crippen LogP contribution in [0.25, 0.3) is 16.8 Å². The molecule has 124 valence electrons. The number of carbonyl (C=O) groups excluding carboxylic acids is 2. The summed E-state index contributed by atoms with van der Waals surface area (Å²) in [6, 6.07) is 11.6. The average molecular weight is 341 g/mol. The maximum absolute atomic E-state index is 12.6. The number of hydrogen-bond donors (Lipinski definition) is 0. The minimum Gasteiger partial charge on any atom is -0.496 e. The van der Waals surface area contributed by atoms with E-state index >= 15 is 0 Å². The SMILES string of the molecule is CCC(C)N1C(=O)S/C(=C/c2ccc(OC)c3ccccc23)C1=O. The molecule has 24 heavy (non-hydrogen) atoms. The molecule has 0 aromatic heterocycles. The number of nitrogens with zero attached hydrogens (tertiary/aromatic N) is 1. The molecule has 1 fully saturated rings. The molecule has 3 rings (SSSR count). The number of benzene rings is 2. The number of thioether (sulfide) groups is 1. The van der Waals surface area contributed by atoms with E-state index in [1.54, 1.807) is 13.2 Å². The lowest BCUT2D eigenvalue weighted by molar-refractivity contribution is -0.124. The van der Waals surface area contributed by atoms with E-state index in [0.29, 0.717) is 4.91 Å². The number of hydrogen-bond acceptors (Lipinski definition) is 4. The Labute approximate surface area is 145 Å². The second-order valence-corrected chi connectivity index (χ2v) is 6.70. The van der Waals surface area contributed by atoms with Gasteiger partial charge in [-0.05, 0) is 48.2 Å². The summed E-state index contributed by atoms with van der Waals surface area (Å²) in [6.45, 7) is 3.86. The summed E-state index contributed by atoms with van der Waals surface area (Å²) in [7, 11) is 1.64. The number of carbonyl (C=O) groups is 2. The Bertz CT molecular complexity index is 844. The molecular formula is C19H19NO3S. The predicted octanol–water partition coefficient (Wildman–Crippen LogP) is 4.68. The van der Waals surface area contributed by atoms with Gasteiger partial charge in [-0.1, -0.05) is 37.3 Å². The topological polar surface area (TPSA) is 46.6 Å². The molecule has 0 radical (unpaired) electrons. The summed E-state index contributed by atoms with van der Waals surface area (Å²) in [5.41, 5.74) is 0.904. The molecule has 0 saturated carbocycles. The molecule has 4 nitrogen and oxygen atoms in total. The van der Waals surface area contributed by atoms with E-state index in [1.807, 2.05) is 50.2 Å². The van der Waals surface area contributed by atoms with Gasteiger partial charge in [0.15, 0.2) is 0 Å². The maximum Gasteiger partial charge on any atom is 0.293 e. The number of ether oxygens (including phenoxy) is 1. The zero-order valence-corrected chi connectivity index (χ0v) is 14.7. The fourth-order valence-corrected chi connectivity index (χ4v) is 3.70. The van der Waals surface area contributed by atoms with Crippen LogP contribution in [0.15, 0.2) is 41.3 Å². The van der Waals surface area contributed by atoms with Crippen LogP contribution >= 0.6 is 11.8 Å². The third kappa shape index (κ3) is 2.80. The average Bonchev–Trinajstić information content (AvgIpc) is 2.88. The van der Waals surface area contributed by atoms with Gasteiger partial charge in [-0.25, -0.2) is 0 Å². The van der Waals surface area contributed by atoms with Crippen LogP contribution in [0.3, 0.4) is 0 Å². The highest BCUT2D eigenvalue weighted by Crippen LogP contribution is 2.36. The zero-order valence-electron chi connectivity index (χ0n) is 13.9. The Hall–Kier alpha value is -2.27. The monoisotopic (exact) mass is 341 g/mol. The third-order valence-corrected chi connectivity index (χ3v) is 5.16. The lowest BCUT2D eigenvalue weighted by Gasteiger charge is -2.19. The largest absolute Gasteiger partial charge is 0.496 e. The Morgan fingerprint density at radius 2 is 1.88 bits per heavy atom. The van der Waals surface area contributed by atoms with E-state index in [2.05, 4.69) is 0 Å². The molecular weight excluding hydrogens is 322 g/mol. The van der Waals surface area contributed by atoms with Crippen LogP contribution in [0.5, 0.6) is 5.75 Å². The van der Waals surface area contributed by atoms with Crippen LogP contribution in [-0.4, -0.2) is 29.2 Å². The summed E-state index contributed by atoms with van der Waals surface area (Å²) < 4.78 is 5.40. The van der Waals surface area contributed by atoms with Crippen LogP contribution in [0.4, 0.5) is 4.79 Å². The van der Waals surface area contributed by atoms with E-state index in [9.17, 15) is 9.59 Å². The molecule has 0 N–H and O–H groups in total. The Morgan fingerprint density at radius 1 is 1.17 bits per heavy atom. The molecule has 1 saturated heterocycles. The highest BCUT2D eigenvalue weighted by molar-refractivity contribution is 8.18. The van der Waals surface area contributed by atoms with Crippen molar-refractivity contribution in [1.82, 2.24) is 4.90 Å². The van der Waals surface area contributed by atoms with E-state index in [1.165, 1.54) is 4.90 Å². The van der Waals surface area contributed by atoms with Crippen molar-refractivity contribution in [1.29, 1.82) is 0 Å². The fourth-order valence-electron chi connectivity index (χ4n) is 2.78. The van der Waals surface area contributed by atoms with Crippen LogP contribution in [0, 0.1) is 0 Å². The number of fused-ring (bicyclic) bond motifs is 1. The van der Waals surface area contributed by atoms with Gasteiger partial charge in [0.05, 0.1) is 12.0 Å². The van der Waals surface area contributed by atoms with Crippen molar-refractivity contribution >= 4 is 39.8 Å². The highest BCUT2D eigenvalue weighted by Gasteiger charge is 2.37. The Kier molecular flexibility index (Phi) is 4.62. The lowest BCUT2D eigenvalue weighted by atomic mass is 10.0. The zero-order chi connectivity index (χ0) is 17.3. The second-order valence-electron chi connectivity index (χ2n) is 5.71. The van der Waals surface area contributed by atoms with Gasteiger partial charge in [0, 0.05) is 11.4 Å². The predicted molar refractivity (Wildman–Crippen MR) is 98.1 cm³/mol. The lowest BCUT2D eigenvalue weighted by Crippen LogP contribution is -2.36. The molecule has 2 amide bonds. The third-order valence-electron chi connectivity index (χ3n) is 4.28. The molecule has 0 aliphatic carbocycles. The Balaban J connectivity index is 2.05. The number of amides is 2. The van der Waals surface area contributed by atoms with Crippen molar-refractivity contribution in [2.45, 2.75) is 26.3 Å². The molecule has 1 atom stereocenters. The van der Waals surface area contributed by atoms with Gasteiger partial charge in [-0.15, -0.1) is 0 Å². The molecule has 1 aliphatic heterocycles. The van der Waals surface area contributed by atoms with Crippen molar-refractivity contribution < 1.29 is 14.3 Å². The van der Waals surface area contributed by atoms with Crippen molar-refractivity contribution in [2.24, 2.45) is 0 Å². The normalized spacial score (nSPS) is 17.8. The van der Waals surface area contributed by atoms with Crippen LogP contribution in [0.1, 0.15) is 25.8 Å². The summed E-state index contributed by atoms with van der Waals surface area (Å²) in [4.78, 5) is 26.5. The van der Waals surface area contributed by atoms with E-state index in [-0.39, 0.29) is 17.2 Å². The van der Waals surface area contributed by atoms with Crippen LogP contribution in [-0.2, 0) is 4.79 Å². The molecule has 1 unspecified atom stereocenters. The standard InChI is InChI=1S/C19H19NO3S/c1-4-12(2)20-18(21)17(24-19(20)22)11-13-9-10-16(23-3)15-8-6-5-7-14(13)15/h5-12H,4H2,1-3H3/b17-11+. The first-order valence-corrected chi connectivity index (χ1v) is 8.71. The molecule has 0 spiro atoms. The van der Waals surface area contributed by atoms with Gasteiger partial charge >= 0.3 is 0 Å². The number of methoxy groups -OCH3 is 1. The molecule has 0 bridgehead atoms. The van der Waals surface area contributed by atoms with Crippen molar-refractivity contribution in [2.75, 3.05) is 7.11 Å². The summed E-state index contributed by atoms with van der Waals surface area (Å²) in [5.74, 6) is 0.578. The van der Waals surface area contributed by atoms with Crippen LogP contribution < -0.4 is 4.74 Å². The van der Waals surface area contributed by atoms with Gasteiger partial charge in [0.2, 0.25) is 0 Å². The molecule has 2 aromatic carbocycles. The highest BCUT2D eigenvalue weighted by atomic mass is 32.2. The smallest absolute Gasteiger partial charge is 0.293 e. The van der Waals surface area contributed by atoms with Crippen LogP contribution in [0.2, 0.25) is 0 Å². The first-order chi connectivity index (χ1) is 11.6.